The van der Waals surface area contributed by atoms with Gasteiger partial charge in [-0.15, -0.1) is 0 Å². The Kier molecular flexibility index (Phi) is 3.92. The Morgan fingerprint density at radius 1 is 1.53 bits per heavy atom. The molecule has 0 aliphatic rings. The second-order valence-corrected chi connectivity index (χ2v) is 3.09. The van der Waals surface area contributed by atoms with Crippen LogP contribution in [-0.4, -0.2) is 17.7 Å². The Labute approximate surface area is 89.0 Å². The molecule has 3 heteroatoms. The number of esters is 1. The highest BCUT2D eigenvalue weighted by molar-refractivity contribution is 5.87. The molecule has 0 aliphatic heterocycles. The van der Waals surface area contributed by atoms with Crippen LogP contribution in [0.15, 0.2) is 24.3 Å². The van der Waals surface area contributed by atoms with E-state index in [1.807, 2.05) is 13.0 Å². The van der Waals surface area contributed by atoms with Crippen LogP contribution in [0.3, 0.4) is 0 Å². The summed E-state index contributed by atoms with van der Waals surface area (Å²) in [6.07, 6.45) is 2.87. The minimum absolute atomic E-state index is 0.163. The van der Waals surface area contributed by atoms with Crippen molar-refractivity contribution in [1.82, 2.24) is 0 Å². The average Bonchev–Trinajstić information content (AvgIpc) is 2.17. The molecule has 0 aliphatic carbocycles. The second-order valence-electron chi connectivity index (χ2n) is 3.09. The second kappa shape index (κ2) is 5.20. The van der Waals surface area contributed by atoms with E-state index in [4.69, 9.17) is 4.74 Å². The van der Waals surface area contributed by atoms with Gasteiger partial charge in [0.05, 0.1) is 6.61 Å². The van der Waals surface area contributed by atoms with Crippen molar-refractivity contribution in [1.29, 1.82) is 0 Å². The summed E-state index contributed by atoms with van der Waals surface area (Å²) in [5.41, 5.74) is 1.56. The number of aryl methyl sites for hydroxylation is 1. The first kappa shape index (κ1) is 11.3. The van der Waals surface area contributed by atoms with Crippen molar-refractivity contribution < 1.29 is 14.6 Å². The van der Waals surface area contributed by atoms with Crippen molar-refractivity contribution in [3.8, 4) is 5.75 Å². The Morgan fingerprint density at radius 2 is 2.27 bits per heavy atom. The quantitative estimate of drug-likeness (QED) is 0.609. The molecule has 0 amide bonds. The van der Waals surface area contributed by atoms with Gasteiger partial charge in [0.25, 0.3) is 0 Å². The van der Waals surface area contributed by atoms with Gasteiger partial charge in [-0.1, -0.05) is 12.1 Å². The number of phenols is 1. The predicted octanol–water partition coefficient (Wildman–Crippen LogP) is 2.28. The molecular weight excluding hydrogens is 192 g/mol. The van der Waals surface area contributed by atoms with E-state index in [-0.39, 0.29) is 5.75 Å². The molecule has 0 saturated heterocycles. The highest BCUT2D eigenvalue weighted by Gasteiger charge is 2.01. The molecule has 0 unspecified atom stereocenters. The number of phenolic OH excluding ortho intramolecular Hbond substituents is 1. The van der Waals surface area contributed by atoms with Crippen molar-refractivity contribution in [3.63, 3.8) is 0 Å². The summed E-state index contributed by atoms with van der Waals surface area (Å²) in [6, 6.07) is 5.20. The molecule has 0 saturated carbocycles. The zero-order valence-corrected chi connectivity index (χ0v) is 8.86. The minimum atomic E-state index is -0.403. The van der Waals surface area contributed by atoms with Crippen LogP contribution in [0.4, 0.5) is 0 Å². The molecule has 80 valence electrons. The number of hydrogen-bond acceptors (Lipinski definition) is 3. The molecular formula is C12H14O3. The third kappa shape index (κ3) is 3.13. The first-order valence-corrected chi connectivity index (χ1v) is 4.78. The topological polar surface area (TPSA) is 46.5 Å². The van der Waals surface area contributed by atoms with E-state index < -0.39 is 5.97 Å². The smallest absolute Gasteiger partial charge is 0.330 e. The third-order valence-electron chi connectivity index (χ3n) is 1.97. The van der Waals surface area contributed by atoms with Crippen LogP contribution in [0, 0.1) is 6.92 Å². The number of rotatable bonds is 3. The number of aromatic hydroxyl groups is 1. The molecule has 1 N–H and O–H groups in total. The Morgan fingerprint density at radius 3 is 2.87 bits per heavy atom. The maximum atomic E-state index is 11.0. The lowest BCUT2D eigenvalue weighted by atomic mass is 10.1. The fraction of sp³-hybridized carbons (Fsp3) is 0.250. The van der Waals surface area contributed by atoms with Crippen molar-refractivity contribution in [2.45, 2.75) is 13.8 Å². The van der Waals surface area contributed by atoms with Gasteiger partial charge < -0.3 is 9.84 Å². The van der Waals surface area contributed by atoms with Gasteiger partial charge in [0.1, 0.15) is 5.75 Å². The highest BCUT2D eigenvalue weighted by atomic mass is 16.5. The Balaban J connectivity index is 2.84. The van der Waals surface area contributed by atoms with Gasteiger partial charge in [-0.3, -0.25) is 0 Å². The Hall–Kier alpha value is -1.77. The summed E-state index contributed by atoms with van der Waals surface area (Å²) in [4.78, 5) is 11.0. The lowest BCUT2D eigenvalue weighted by Gasteiger charge is -2.02. The van der Waals surface area contributed by atoms with Crippen LogP contribution in [0.1, 0.15) is 18.1 Å². The van der Waals surface area contributed by atoms with Gasteiger partial charge in [-0.05, 0) is 31.6 Å². The summed E-state index contributed by atoms with van der Waals surface area (Å²) in [5.74, 6) is -0.240. The number of ether oxygens (including phenoxy) is 1. The van der Waals surface area contributed by atoms with Crippen LogP contribution in [0.5, 0.6) is 5.75 Å². The lowest BCUT2D eigenvalue weighted by molar-refractivity contribution is -0.137. The molecule has 15 heavy (non-hydrogen) atoms. The number of carbonyl (C=O) groups is 1. The van der Waals surface area contributed by atoms with Gasteiger partial charge in [0, 0.05) is 11.6 Å². The van der Waals surface area contributed by atoms with Crippen molar-refractivity contribution in [2.75, 3.05) is 6.61 Å². The van der Waals surface area contributed by atoms with Gasteiger partial charge in [0.2, 0.25) is 0 Å². The fourth-order valence-corrected chi connectivity index (χ4v) is 1.22. The third-order valence-corrected chi connectivity index (χ3v) is 1.97. The monoisotopic (exact) mass is 206 g/mol. The molecule has 0 fully saturated rings. The van der Waals surface area contributed by atoms with E-state index in [2.05, 4.69) is 0 Å². The molecule has 0 heterocycles. The number of benzene rings is 1. The summed E-state index contributed by atoms with van der Waals surface area (Å²) < 4.78 is 4.74. The predicted molar refractivity (Wildman–Crippen MR) is 58.5 cm³/mol. The molecule has 0 atom stereocenters. The zero-order chi connectivity index (χ0) is 11.3. The van der Waals surface area contributed by atoms with Crippen molar-refractivity contribution in [3.05, 3.63) is 35.4 Å². The van der Waals surface area contributed by atoms with E-state index >= 15 is 0 Å². The van der Waals surface area contributed by atoms with Crippen LogP contribution >= 0.6 is 0 Å². The summed E-state index contributed by atoms with van der Waals surface area (Å²) >= 11 is 0. The van der Waals surface area contributed by atoms with Crippen molar-refractivity contribution >= 4 is 12.0 Å². The fourth-order valence-electron chi connectivity index (χ4n) is 1.22. The first-order chi connectivity index (χ1) is 7.15. The van der Waals surface area contributed by atoms with E-state index in [0.29, 0.717) is 12.2 Å². The average molecular weight is 206 g/mol. The highest BCUT2D eigenvalue weighted by Crippen LogP contribution is 2.21. The molecule has 0 radical (unpaired) electrons. The Bertz CT molecular complexity index is 360. The van der Waals surface area contributed by atoms with Crippen LogP contribution in [-0.2, 0) is 9.53 Å². The SMILES string of the molecule is CCOC(=O)C=Cc1c(C)cccc1O. The molecule has 0 bridgehead atoms. The van der Waals surface area contributed by atoms with Gasteiger partial charge >= 0.3 is 5.97 Å². The molecule has 0 spiro atoms. The van der Waals surface area contributed by atoms with Gasteiger partial charge in [0.15, 0.2) is 0 Å². The molecule has 3 nitrogen and oxygen atoms in total. The molecule has 1 rings (SSSR count). The van der Waals surface area contributed by atoms with Crippen LogP contribution in [0.2, 0.25) is 0 Å². The lowest BCUT2D eigenvalue weighted by Crippen LogP contribution is -1.98. The standard InChI is InChI=1S/C12H14O3/c1-3-15-12(14)8-7-10-9(2)5-4-6-11(10)13/h4-8,13H,3H2,1-2H3. The van der Waals surface area contributed by atoms with Gasteiger partial charge in [-0.2, -0.15) is 0 Å². The maximum absolute atomic E-state index is 11.0. The number of hydrogen-bond donors (Lipinski definition) is 1. The van der Waals surface area contributed by atoms with E-state index in [0.717, 1.165) is 5.56 Å². The van der Waals surface area contributed by atoms with E-state index in [1.165, 1.54) is 6.08 Å². The molecule has 1 aromatic rings. The first-order valence-electron chi connectivity index (χ1n) is 4.78. The largest absolute Gasteiger partial charge is 0.507 e. The van der Waals surface area contributed by atoms with Crippen LogP contribution < -0.4 is 0 Å². The minimum Gasteiger partial charge on any atom is -0.507 e. The molecule has 0 aromatic heterocycles. The molecule has 1 aromatic carbocycles. The van der Waals surface area contributed by atoms with E-state index in [1.54, 1.807) is 25.1 Å². The van der Waals surface area contributed by atoms with Crippen molar-refractivity contribution in [2.24, 2.45) is 0 Å². The maximum Gasteiger partial charge on any atom is 0.330 e. The summed E-state index contributed by atoms with van der Waals surface area (Å²) in [6.45, 7) is 3.96. The number of carbonyl (C=O) groups excluding carboxylic acids is 1. The van der Waals surface area contributed by atoms with Crippen LogP contribution in [0.25, 0.3) is 6.08 Å². The zero-order valence-electron chi connectivity index (χ0n) is 8.86. The summed E-state index contributed by atoms with van der Waals surface area (Å²) in [7, 11) is 0. The normalized spacial score (nSPS) is 10.5. The van der Waals surface area contributed by atoms with E-state index in [9.17, 15) is 9.90 Å². The van der Waals surface area contributed by atoms with Gasteiger partial charge in [-0.25, -0.2) is 4.79 Å². The summed E-state index contributed by atoms with van der Waals surface area (Å²) in [5, 5.41) is 9.53.